The lowest BCUT2D eigenvalue weighted by atomic mass is 9.86. The first-order chi connectivity index (χ1) is 11.1. The van der Waals surface area contributed by atoms with Crippen molar-refractivity contribution in [2.75, 3.05) is 0 Å². The monoisotopic (exact) mass is 301 g/mol. The van der Waals surface area contributed by atoms with Crippen LogP contribution >= 0.6 is 0 Å². The van der Waals surface area contributed by atoms with Gasteiger partial charge in [-0.25, -0.2) is 0 Å². The van der Waals surface area contributed by atoms with E-state index in [0.717, 1.165) is 18.4 Å². The van der Waals surface area contributed by atoms with E-state index in [1.54, 1.807) is 0 Å². The number of benzene rings is 1. The van der Waals surface area contributed by atoms with Crippen LogP contribution in [0, 0.1) is 0 Å². The Morgan fingerprint density at radius 2 is 2.00 bits per heavy atom. The molecule has 1 aromatic carbocycles. The summed E-state index contributed by atoms with van der Waals surface area (Å²) in [6.07, 6.45) is 8.23. The minimum absolute atomic E-state index is 0.408. The molecule has 0 amide bonds. The first kappa shape index (κ1) is 15.5. The smallest absolute Gasteiger partial charge is 0.0343 e. The summed E-state index contributed by atoms with van der Waals surface area (Å²) in [5.41, 5.74) is 8.89. The minimum atomic E-state index is 0.408. The molecule has 0 saturated heterocycles. The van der Waals surface area contributed by atoms with Gasteiger partial charge in [0.1, 0.15) is 0 Å². The molecule has 1 heterocycles. The Morgan fingerprint density at radius 3 is 2.65 bits per heavy atom. The van der Waals surface area contributed by atoms with Gasteiger partial charge in [-0.15, -0.1) is 6.58 Å². The van der Waals surface area contributed by atoms with Crippen LogP contribution in [0.4, 0.5) is 0 Å². The lowest BCUT2D eigenvalue weighted by molar-refractivity contribution is 0.752. The summed E-state index contributed by atoms with van der Waals surface area (Å²) in [7, 11) is 0. The van der Waals surface area contributed by atoms with Crippen molar-refractivity contribution in [2.45, 2.75) is 32.6 Å². The Balaban J connectivity index is 2.03. The van der Waals surface area contributed by atoms with E-state index in [9.17, 15) is 0 Å². The van der Waals surface area contributed by atoms with Crippen molar-refractivity contribution in [1.29, 1.82) is 0 Å². The Kier molecular flexibility index (Phi) is 4.29. The number of pyridine rings is 1. The van der Waals surface area contributed by atoms with Crippen molar-refractivity contribution >= 4 is 17.2 Å². The predicted octanol–water partition coefficient (Wildman–Crippen LogP) is 6.11. The van der Waals surface area contributed by atoms with E-state index < -0.39 is 0 Å². The SMILES string of the molecule is C=C(C)CCC1C(c2cccnc2)=Cc2ccc(C(=C)C)cc21. The summed E-state index contributed by atoms with van der Waals surface area (Å²) in [4.78, 5) is 4.30. The fraction of sp³-hybridized carbons (Fsp3) is 0.227. The fourth-order valence-corrected chi connectivity index (χ4v) is 3.23. The van der Waals surface area contributed by atoms with Gasteiger partial charge in [0.25, 0.3) is 0 Å². The molecule has 0 spiro atoms. The lowest BCUT2D eigenvalue weighted by Crippen LogP contribution is -2.00. The van der Waals surface area contributed by atoms with Gasteiger partial charge in [-0.05, 0) is 60.6 Å². The van der Waals surface area contributed by atoms with Crippen LogP contribution in [0.3, 0.4) is 0 Å². The van der Waals surface area contributed by atoms with Crippen molar-refractivity contribution < 1.29 is 0 Å². The van der Waals surface area contributed by atoms with E-state index in [0.29, 0.717) is 5.92 Å². The van der Waals surface area contributed by atoms with Crippen LogP contribution in [0.1, 0.15) is 54.9 Å². The van der Waals surface area contributed by atoms with Gasteiger partial charge >= 0.3 is 0 Å². The van der Waals surface area contributed by atoms with Crippen LogP contribution in [-0.4, -0.2) is 4.98 Å². The molecule has 0 aliphatic heterocycles. The van der Waals surface area contributed by atoms with Gasteiger partial charge in [0.15, 0.2) is 0 Å². The summed E-state index contributed by atoms with van der Waals surface area (Å²) >= 11 is 0. The molecule has 23 heavy (non-hydrogen) atoms. The molecular formula is C22H23N. The van der Waals surface area contributed by atoms with Crippen molar-refractivity contribution in [2.24, 2.45) is 0 Å². The maximum Gasteiger partial charge on any atom is 0.0343 e. The average Bonchev–Trinajstić information content (AvgIpc) is 2.91. The molecule has 1 nitrogen and oxygen atoms in total. The second-order valence-corrected chi connectivity index (χ2v) is 6.51. The van der Waals surface area contributed by atoms with Gasteiger partial charge in [-0.3, -0.25) is 4.98 Å². The molecule has 116 valence electrons. The third-order valence-electron chi connectivity index (χ3n) is 4.50. The fourth-order valence-electron chi connectivity index (χ4n) is 3.23. The van der Waals surface area contributed by atoms with Gasteiger partial charge in [-0.2, -0.15) is 0 Å². The van der Waals surface area contributed by atoms with Crippen LogP contribution in [0.25, 0.3) is 17.2 Å². The zero-order valence-electron chi connectivity index (χ0n) is 14.0. The van der Waals surface area contributed by atoms with E-state index in [-0.39, 0.29) is 0 Å². The molecule has 0 radical (unpaired) electrons. The van der Waals surface area contributed by atoms with Crippen LogP contribution < -0.4 is 0 Å². The summed E-state index contributed by atoms with van der Waals surface area (Å²) in [5, 5.41) is 0. The third kappa shape index (κ3) is 3.19. The molecule has 1 aliphatic rings. The van der Waals surface area contributed by atoms with E-state index in [1.165, 1.54) is 33.4 Å². The second kappa shape index (κ2) is 6.37. The predicted molar refractivity (Wildman–Crippen MR) is 100 cm³/mol. The maximum atomic E-state index is 4.30. The normalized spacial score (nSPS) is 15.9. The van der Waals surface area contributed by atoms with E-state index in [2.05, 4.69) is 62.3 Å². The van der Waals surface area contributed by atoms with Gasteiger partial charge in [0.2, 0.25) is 0 Å². The molecule has 1 aromatic heterocycles. The van der Waals surface area contributed by atoms with E-state index in [4.69, 9.17) is 0 Å². The standard InChI is InChI=1S/C22H23N/c1-15(2)7-10-20-21-12-17(16(3)4)8-9-18(21)13-22(20)19-6-5-11-23-14-19/h5-6,8-9,11-14,20H,1,3,7,10H2,2,4H3. The zero-order valence-corrected chi connectivity index (χ0v) is 14.0. The number of hydrogen-bond acceptors (Lipinski definition) is 1. The molecule has 0 fully saturated rings. The highest BCUT2D eigenvalue weighted by Crippen LogP contribution is 2.45. The number of rotatable bonds is 5. The van der Waals surface area contributed by atoms with Crippen molar-refractivity contribution in [3.05, 3.63) is 83.7 Å². The minimum Gasteiger partial charge on any atom is -0.264 e. The van der Waals surface area contributed by atoms with E-state index in [1.807, 2.05) is 18.5 Å². The number of allylic oxidation sites excluding steroid dienone is 3. The molecule has 0 saturated carbocycles. The molecular weight excluding hydrogens is 278 g/mol. The quantitative estimate of drug-likeness (QED) is 0.607. The van der Waals surface area contributed by atoms with Crippen LogP contribution in [0.15, 0.2) is 61.5 Å². The summed E-state index contributed by atoms with van der Waals surface area (Å²) in [6, 6.07) is 10.9. The summed E-state index contributed by atoms with van der Waals surface area (Å²) in [6.45, 7) is 12.3. The first-order valence-electron chi connectivity index (χ1n) is 8.12. The number of hydrogen-bond donors (Lipinski definition) is 0. The summed E-state index contributed by atoms with van der Waals surface area (Å²) in [5.74, 6) is 0.408. The highest BCUT2D eigenvalue weighted by molar-refractivity contribution is 5.92. The third-order valence-corrected chi connectivity index (χ3v) is 4.50. The molecule has 1 aliphatic carbocycles. The van der Waals surface area contributed by atoms with Crippen molar-refractivity contribution in [3.63, 3.8) is 0 Å². The van der Waals surface area contributed by atoms with Crippen LogP contribution in [0.2, 0.25) is 0 Å². The van der Waals surface area contributed by atoms with Gasteiger partial charge < -0.3 is 0 Å². The van der Waals surface area contributed by atoms with Crippen molar-refractivity contribution in [3.8, 4) is 0 Å². The largest absolute Gasteiger partial charge is 0.264 e. The van der Waals surface area contributed by atoms with Gasteiger partial charge in [0, 0.05) is 18.3 Å². The molecule has 1 heteroatoms. The van der Waals surface area contributed by atoms with Gasteiger partial charge in [0.05, 0.1) is 0 Å². The summed E-state index contributed by atoms with van der Waals surface area (Å²) < 4.78 is 0. The van der Waals surface area contributed by atoms with Gasteiger partial charge in [-0.1, -0.05) is 48.1 Å². The Labute approximate surface area is 139 Å². The molecule has 0 N–H and O–H groups in total. The lowest BCUT2D eigenvalue weighted by Gasteiger charge is -2.18. The topological polar surface area (TPSA) is 12.9 Å². The Hall–Kier alpha value is -2.41. The average molecular weight is 301 g/mol. The first-order valence-corrected chi connectivity index (χ1v) is 8.12. The maximum absolute atomic E-state index is 4.30. The number of aromatic nitrogens is 1. The Morgan fingerprint density at radius 1 is 1.17 bits per heavy atom. The number of fused-ring (bicyclic) bond motifs is 1. The van der Waals surface area contributed by atoms with Crippen molar-refractivity contribution in [1.82, 2.24) is 4.98 Å². The van der Waals surface area contributed by atoms with E-state index >= 15 is 0 Å². The molecule has 2 aromatic rings. The highest BCUT2D eigenvalue weighted by Gasteiger charge is 2.26. The second-order valence-electron chi connectivity index (χ2n) is 6.51. The molecule has 1 unspecified atom stereocenters. The van der Waals surface area contributed by atoms with Crippen LogP contribution in [-0.2, 0) is 0 Å². The molecule has 1 atom stereocenters. The highest BCUT2D eigenvalue weighted by atomic mass is 14.6. The molecule has 0 bridgehead atoms. The molecule has 3 rings (SSSR count). The zero-order chi connectivity index (χ0) is 16.4. The van der Waals surface area contributed by atoms with Crippen LogP contribution in [0.5, 0.6) is 0 Å². The Bertz CT molecular complexity index is 781. The number of nitrogens with zero attached hydrogens (tertiary/aromatic N) is 1.